The van der Waals surface area contributed by atoms with E-state index in [1.165, 1.54) is 11.3 Å². The molecule has 0 aliphatic heterocycles. The fourth-order valence-corrected chi connectivity index (χ4v) is 3.00. The van der Waals surface area contributed by atoms with Crippen molar-refractivity contribution in [2.75, 3.05) is 6.54 Å². The highest BCUT2D eigenvalue weighted by atomic mass is 32.1. The Morgan fingerprint density at radius 3 is 2.83 bits per heavy atom. The van der Waals surface area contributed by atoms with Crippen LogP contribution in [-0.2, 0) is 5.60 Å². The highest BCUT2D eigenvalue weighted by Crippen LogP contribution is 2.22. The molecule has 5 nitrogen and oxygen atoms in total. The van der Waals surface area contributed by atoms with Gasteiger partial charge >= 0.3 is 0 Å². The Hall–Kier alpha value is -2.44. The van der Waals surface area contributed by atoms with E-state index in [4.69, 9.17) is 0 Å². The maximum Gasteiger partial charge on any atom is 0.269 e. The molecule has 3 aromatic rings. The lowest BCUT2D eigenvalue weighted by molar-refractivity contribution is 0.0528. The molecular formula is C17H17N3O2S. The Morgan fingerprint density at radius 2 is 2.13 bits per heavy atom. The number of hydrogen-bond acceptors (Lipinski definition) is 4. The predicted molar refractivity (Wildman–Crippen MR) is 90.2 cm³/mol. The van der Waals surface area contributed by atoms with E-state index in [1.54, 1.807) is 13.0 Å². The first-order valence-corrected chi connectivity index (χ1v) is 8.14. The molecule has 1 atom stereocenters. The number of carbonyl (C=O) groups is 1. The van der Waals surface area contributed by atoms with Crippen molar-refractivity contribution in [1.82, 2.24) is 15.5 Å². The van der Waals surface area contributed by atoms with Crippen molar-refractivity contribution in [3.8, 4) is 11.3 Å². The topological polar surface area (TPSA) is 78.0 Å². The maximum absolute atomic E-state index is 12.2. The zero-order chi connectivity index (χ0) is 16.3. The molecule has 1 unspecified atom stereocenters. The third-order valence-corrected chi connectivity index (χ3v) is 4.31. The van der Waals surface area contributed by atoms with Gasteiger partial charge < -0.3 is 10.4 Å². The van der Waals surface area contributed by atoms with Crippen LogP contribution >= 0.6 is 11.3 Å². The molecule has 0 saturated heterocycles. The minimum atomic E-state index is -1.10. The lowest BCUT2D eigenvalue weighted by Gasteiger charge is -2.22. The Morgan fingerprint density at radius 1 is 1.35 bits per heavy atom. The SMILES string of the molecule is CC(O)(CNC(=O)c1cc(-c2ccccc2)n[nH]1)c1ccsc1. The van der Waals surface area contributed by atoms with Gasteiger partial charge in [-0.2, -0.15) is 16.4 Å². The number of aromatic amines is 1. The van der Waals surface area contributed by atoms with Crippen LogP contribution in [0.1, 0.15) is 23.0 Å². The second-order valence-electron chi connectivity index (χ2n) is 5.50. The van der Waals surface area contributed by atoms with Gasteiger partial charge in [0.2, 0.25) is 0 Å². The summed E-state index contributed by atoms with van der Waals surface area (Å²) in [6.07, 6.45) is 0. The molecule has 118 valence electrons. The number of thiophene rings is 1. The van der Waals surface area contributed by atoms with Crippen LogP contribution in [0.3, 0.4) is 0 Å². The molecule has 0 fully saturated rings. The van der Waals surface area contributed by atoms with E-state index in [0.717, 1.165) is 11.1 Å². The number of hydrogen-bond donors (Lipinski definition) is 3. The van der Waals surface area contributed by atoms with Crippen LogP contribution < -0.4 is 5.32 Å². The molecule has 1 aromatic carbocycles. The van der Waals surface area contributed by atoms with Crippen LogP contribution in [0.4, 0.5) is 0 Å². The number of carbonyl (C=O) groups excluding carboxylic acids is 1. The zero-order valence-electron chi connectivity index (χ0n) is 12.6. The minimum absolute atomic E-state index is 0.127. The second-order valence-corrected chi connectivity index (χ2v) is 6.28. The summed E-state index contributed by atoms with van der Waals surface area (Å²) in [7, 11) is 0. The van der Waals surface area contributed by atoms with Crippen LogP contribution in [0.15, 0.2) is 53.2 Å². The van der Waals surface area contributed by atoms with Crippen molar-refractivity contribution in [2.24, 2.45) is 0 Å². The van der Waals surface area contributed by atoms with Crippen LogP contribution in [0.25, 0.3) is 11.3 Å². The van der Waals surface area contributed by atoms with Gasteiger partial charge in [-0.05, 0) is 35.4 Å². The lowest BCUT2D eigenvalue weighted by atomic mass is 9.99. The minimum Gasteiger partial charge on any atom is -0.384 e. The smallest absolute Gasteiger partial charge is 0.269 e. The molecular weight excluding hydrogens is 310 g/mol. The molecule has 6 heteroatoms. The van der Waals surface area contributed by atoms with Gasteiger partial charge in [-0.15, -0.1) is 0 Å². The monoisotopic (exact) mass is 327 g/mol. The standard InChI is InChI=1S/C17H17N3O2S/c1-17(22,13-7-8-23-10-13)11-18-16(21)15-9-14(19-20-15)12-5-3-2-4-6-12/h2-10,22H,11H2,1H3,(H,18,21)(H,19,20). The third-order valence-electron chi connectivity index (χ3n) is 3.63. The first-order valence-electron chi connectivity index (χ1n) is 7.20. The first kappa shape index (κ1) is 15.5. The van der Waals surface area contributed by atoms with Gasteiger partial charge in [-0.1, -0.05) is 30.3 Å². The second kappa shape index (κ2) is 6.36. The molecule has 3 rings (SSSR count). The zero-order valence-corrected chi connectivity index (χ0v) is 13.4. The lowest BCUT2D eigenvalue weighted by Crippen LogP contribution is -2.38. The number of H-pyrrole nitrogens is 1. The van der Waals surface area contributed by atoms with E-state index in [1.807, 2.05) is 47.2 Å². The number of nitrogens with one attached hydrogen (secondary N) is 2. The molecule has 0 radical (unpaired) electrons. The average Bonchev–Trinajstić information content (AvgIpc) is 3.25. The van der Waals surface area contributed by atoms with E-state index in [9.17, 15) is 9.90 Å². The average molecular weight is 327 g/mol. The summed E-state index contributed by atoms with van der Waals surface area (Å²) in [4.78, 5) is 12.2. The van der Waals surface area contributed by atoms with Crippen molar-refractivity contribution in [3.05, 3.63) is 64.5 Å². The fourth-order valence-electron chi connectivity index (χ4n) is 2.22. The van der Waals surface area contributed by atoms with Gasteiger partial charge in [0, 0.05) is 5.56 Å². The molecule has 0 aliphatic carbocycles. The van der Waals surface area contributed by atoms with E-state index in [-0.39, 0.29) is 12.5 Å². The van der Waals surface area contributed by atoms with Gasteiger partial charge in [0.15, 0.2) is 0 Å². The largest absolute Gasteiger partial charge is 0.384 e. The quantitative estimate of drug-likeness (QED) is 0.674. The number of aromatic nitrogens is 2. The highest BCUT2D eigenvalue weighted by molar-refractivity contribution is 7.08. The summed E-state index contributed by atoms with van der Waals surface area (Å²) < 4.78 is 0. The van der Waals surface area contributed by atoms with Crippen LogP contribution in [0.2, 0.25) is 0 Å². The number of aliphatic hydroxyl groups is 1. The van der Waals surface area contributed by atoms with E-state index in [0.29, 0.717) is 11.4 Å². The third kappa shape index (κ3) is 3.49. The van der Waals surface area contributed by atoms with Crippen molar-refractivity contribution < 1.29 is 9.90 Å². The van der Waals surface area contributed by atoms with Crippen molar-refractivity contribution in [3.63, 3.8) is 0 Å². The Balaban J connectivity index is 1.66. The molecule has 2 heterocycles. The number of rotatable bonds is 5. The molecule has 0 spiro atoms. The molecule has 0 bridgehead atoms. The van der Waals surface area contributed by atoms with Gasteiger partial charge in [0.25, 0.3) is 5.91 Å². The van der Waals surface area contributed by atoms with E-state index >= 15 is 0 Å². The molecule has 23 heavy (non-hydrogen) atoms. The Kier molecular flexibility index (Phi) is 4.27. The van der Waals surface area contributed by atoms with Gasteiger partial charge in [-0.25, -0.2) is 0 Å². The molecule has 0 saturated carbocycles. The highest BCUT2D eigenvalue weighted by Gasteiger charge is 2.24. The van der Waals surface area contributed by atoms with Crippen molar-refractivity contribution in [2.45, 2.75) is 12.5 Å². The number of nitrogens with zero attached hydrogens (tertiary/aromatic N) is 1. The summed E-state index contributed by atoms with van der Waals surface area (Å²) in [5.41, 5.74) is 1.70. The molecule has 3 N–H and O–H groups in total. The van der Waals surface area contributed by atoms with Gasteiger partial charge in [-0.3, -0.25) is 9.89 Å². The molecule has 2 aromatic heterocycles. The molecule has 0 aliphatic rings. The normalized spacial score (nSPS) is 13.5. The maximum atomic E-state index is 12.2. The van der Waals surface area contributed by atoms with Crippen LogP contribution in [0.5, 0.6) is 0 Å². The van der Waals surface area contributed by atoms with Crippen molar-refractivity contribution in [1.29, 1.82) is 0 Å². The first-order chi connectivity index (χ1) is 11.1. The summed E-state index contributed by atoms with van der Waals surface area (Å²) in [5.74, 6) is -0.296. The van der Waals surface area contributed by atoms with E-state index < -0.39 is 5.60 Å². The predicted octanol–water partition coefficient (Wildman–Crippen LogP) is 2.78. The Labute approximate surface area is 138 Å². The van der Waals surface area contributed by atoms with E-state index in [2.05, 4.69) is 15.5 Å². The summed E-state index contributed by atoms with van der Waals surface area (Å²) >= 11 is 1.51. The fraction of sp³-hybridized carbons (Fsp3) is 0.176. The molecule has 1 amide bonds. The number of benzene rings is 1. The van der Waals surface area contributed by atoms with Crippen LogP contribution in [0, 0.1) is 0 Å². The van der Waals surface area contributed by atoms with Gasteiger partial charge in [0.05, 0.1) is 12.2 Å². The van der Waals surface area contributed by atoms with Crippen LogP contribution in [-0.4, -0.2) is 27.8 Å². The van der Waals surface area contributed by atoms with Gasteiger partial charge in [0.1, 0.15) is 11.3 Å². The Bertz CT molecular complexity index is 779. The van der Waals surface area contributed by atoms with Crippen molar-refractivity contribution >= 4 is 17.2 Å². The summed E-state index contributed by atoms with van der Waals surface area (Å²) in [6.45, 7) is 1.81. The number of amides is 1. The summed E-state index contributed by atoms with van der Waals surface area (Å²) in [6, 6.07) is 13.2. The summed E-state index contributed by atoms with van der Waals surface area (Å²) in [5, 5.41) is 23.8.